The minimum Gasteiger partial charge on any atom is -0.387 e. The number of fused-ring (bicyclic) bond motifs is 1. The van der Waals surface area contributed by atoms with Crippen molar-refractivity contribution in [1.82, 2.24) is 9.80 Å². The lowest BCUT2D eigenvalue weighted by Gasteiger charge is -2.40. The van der Waals surface area contributed by atoms with E-state index in [0.29, 0.717) is 35.9 Å². The van der Waals surface area contributed by atoms with Crippen molar-refractivity contribution in [2.24, 2.45) is 0 Å². The Hall–Kier alpha value is -2.30. The molecule has 0 aromatic heterocycles. The van der Waals surface area contributed by atoms with Crippen LogP contribution < -0.4 is 4.90 Å². The van der Waals surface area contributed by atoms with Gasteiger partial charge in [-0.2, -0.15) is 0 Å². The Morgan fingerprint density at radius 3 is 2.50 bits per heavy atom. The normalized spacial score (nSPS) is 21.7. The molecule has 4 rings (SSSR count). The van der Waals surface area contributed by atoms with E-state index in [2.05, 4.69) is 4.90 Å². The third-order valence-electron chi connectivity index (χ3n) is 6.79. The Bertz CT molecular complexity index is 876. The fourth-order valence-electron chi connectivity index (χ4n) is 4.78. The Kier molecular flexibility index (Phi) is 6.37. The van der Waals surface area contributed by atoms with Crippen molar-refractivity contribution in [3.8, 4) is 0 Å². The van der Waals surface area contributed by atoms with Crippen molar-refractivity contribution < 1.29 is 24.0 Å². The van der Waals surface area contributed by atoms with Gasteiger partial charge >= 0.3 is 0 Å². The predicted molar refractivity (Wildman–Crippen MR) is 117 cm³/mol. The molecular weight excluding hydrogens is 419 g/mol. The lowest BCUT2D eigenvalue weighted by Crippen LogP contribution is -2.49. The van der Waals surface area contributed by atoms with E-state index in [-0.39, 0.29) is 24.7 Å². The fourth-order valence-corrected chi connectivity index (χ4v) is 4.78. The van der Waals surface area contributed by atoms with E-state index in [4.69, 9.17) is 4.74 Å². The van der Waals surface area contributed by atoms with Gasteiger partial charge in [-0.05, 0) is 38.3 Å². The van der Waals surface area contributed by atoms with Crippen LogP contribution in [0.15, 0.2) is 12.1 Å². The number of aliphatic hydroxyl groups is 1. The predicted octanol–water partition coefficient (Wildman–Crippen LogP) is 1.96. The summed E-state index contributed by atoms with van der Waals surface area (Å²) in [6, 6.07) is 3.49. The van der Waals surface area contributed by atoms with E-state index in [9.17, 15) is 24.4 Å². The second-order valence-electron chi connectivity index (χ2n) is 9.43. The number of carbonyl (C=O) groups excluding carboxylic acids is 1. The largest absolute Gasteiger partial charge is 0.387 e. The average Bonchev–Trinajstić information content (AvgIpc) is 3.07. The summed E-state index contributed by atoms with van der Waals surface area (Å²) in [6.45, 7) is 7.20. The number of amides is 1. The molecule has 9 nitrogen and oxygen atoms in total. The lowest BCUT2D eigenvalue weighted by molar-refractivity contribution is -0.384. The van der Waals surface area contributed by atoms with Gasteiger partial charge in [-0.25, -0.2) is 4.39 Å². The number of piperidine rings is 1. The first kappa shape index (κ1) is 22.9. The second kappa shape index (κ2) is 8.92. The van der Waals surface area contributed by atoms with Crippen LogP contribution in [0, 0.1) is 10.1 Å². The highest BCUT2D eigenvalue weighted by Crippen LogP contribution is 2.37. The standard InChI is InChI=1S/C22H31FN4O5/c1-22(2,29)20(23)14-26-13-15-11-19(27(30)31)18(12-17(15)21(26)28)25-5-3-16(4-6-25)24-7-9-32-10-8-24/h11-12,16,20,29H,3-10,13-14H2,1-2H3/t20-/m1/s1. The van der Waals surface area contributed by atoms with Crippen LogP contribution in [-0.4, -0.2) is 89.5 Å². The Labute approximate surface area is 186 Å². The lowest BCUT2D eigenvalue weighted by atomic mass is 10.0. The molecule has 0 radical (unpaired) electrons. The molecule has 0 aliphatic carbocycles. The van der Waals surface area contributed by atoms with Crippen molar-refractivity contribution in [1.29, 1.82) is 0 Å². The van der Waals surface area contributed by atoms with Crippen LogP contribution in [0.2, 0.25) is 0 Å². The monoisotopic (exact) mass is 450 g/mol. The molecule has 0 spiro atoms. The number of benzene rings is 1. The Morgan fingerprint density at radius 2 is 1.91 bits per heavy atom. The fraction of sp³-hybridized carbons (Fsp3) is 0.682. The number of nitro groups is 1. The highest BCUT2D eigenvalue weighted by atomic mass is 19.1. The third kappa shape index (κ3) is 4.57. The molecule has 0 saturated carbocycles. The molecule has 1 N–H and O–H groups in total. The maximum atomic E-state index is 14.4. The minimum absolute atomic E-state index is 0.0255. The number of rotatable bonds is 6. The van der Waals surface area contributed by atoms with Gasteiger partial charge in [0.15, 0.2) is 0 Å². The molecule has 3 heterocycles. The third-order valence-corrected chi connectivity index (χ3v) is 6.79. The van der Waals surface area contributed by atoms with Gasteiger partial charge in [0.1, 0.15) is 11.9 Å². The zero-order valence-corrected chi connectivity index (χ0v) is 18.6. The zero-order chi connectivity index (χ0) is 23.0. The summed E-state index contributed by atoms with van der Waals surface area (Å²) in [7, 11) is 0. The highest BCUT2D eigenvalue weighted by Gasteiger charge is 2.37. The van der Waals surface area contributed by atoms with Crippen molar-refractivity contribution in [3.05, 3.63) is 33.4 Å². The summed E-state index contributed by atoms with van der Waals surface area (Å²) in [5.74, 6) is -0.355. The number of alkyl halides is 1. The number of hydrogen-bond donors (Lipinski definition) is 1. The molecule has 176 valence electrons. The Morgan fingerprint density at radius 1 is 1.25 bits per heavy atom. The molecule has 3 aliphatic heterocycles. The van der Waals surface area contributed by atoms with Gasteiger partial charge in [-0.15, -0.1) is 0 Å². The van der Waals surface area contributed by atoms with Crippen LogP contribution >= 0.6 is 0 Å². The topological polar surface area (TPSA) is 99.4 Å². The first-order chi connectivity index (χ1) is 15.1. The van der Waals surface area contributed by atoms with Crippen LogP contribution in [0.3, 0.4) is 0 Å². The molecule has 1 atom stereocenters. The number of ether oxygens (including phenoxy) is 1. The smallest absolute Gasteiger partial charge is 0.292 e. The molecular formula is C22H31FN4O5. The maximum Gasteiger partial charge on any atom is 0.292 e. The van der Waals surface area contributed by atoms with Gasteiger partial charge in [-0.3, -0.25) is 19.8 Å². The molecule has 10 heteroatoms. The van der Waals surface area contributed by atoms with E-state index in [1.54, 1.807) is 6.07 Å². The molecule has 1 aromatic rings. The first-order valence-corrected chi connectivity index (χ1v) is 11.2. The summed E-state index contributed by atoms with van der Waals surface area (Å²) in [5, 5.41) is 21.7. The van der Waals surface area contributed by atoms with E-state index in [0.717, 1.165) is 39.1 Å². The van der Waals surface area contributed by atoms with E-state index < -0.39 is 16.7 Å². The van der Waals surface area contributed by atoms with Gasteiger partial charge in [0.25, 0.3) is 11.6 Å². The summed E-state index contributed by atoms with van der Waals surface area (Å²) in [4.78, 5) is 30.0. The van der Waals surface area contributed by atoms with Crippen LogP contribution in [0.5, 0.6) is 0 Å². The number of hydrogen-bond acceptors (Lipinski definition) is 7. The molecule has 1 amide bonds. The van der Waals surface area contributed by atoms with E-state index >= 15 is 0 Å². The van der Waals surface area contributed by atoms with Crippen molar-refractivity contribution in [2.45, 2.75) is 51.0 Å². The van der Waals surface area contributed by atoms with E-state index in [1.807, 2.05) is 4.90 Å². The minimum atomic E-state index is -1.62. The van der Waals surface area contributed by atoms with Crippen LogP contribution in [0.1, 0.15) is 42.6 Å². The number of nitro benzene ring substituents is 1. The second-order valence-corrected chi connectivity index (χ2v) is 9.43. The number of nitrogens with zero attached hydrogens (tertiary/aromatic N) is 4. The van der Waals surface area contributed by atoms with Gasteiger partial charge in [0, 0.05) is 50.4 Å². The summed E-state index contributed by atoms with van der Waals surface area (Å²) in [5.41, 5.74) is -0.247. The molecule has 0 unspecified atom stereocenters. The number of anilines is 1. The Balaban J connectivity index is 1.51. The van der Waals surface area contributed by atoms with Crippen molar-refractivity contribution in [2.75, 3.05) is 50.8 Å². The number of morpholine rings is 1. The van der Waals surface area contributed by atoms with Crippen molar-refractivity contribution >= 4 is 17.3 Å². The van der Waals surface area contributed by atoms with Gasteiger partial charge in [0.05, 0.1) is 30.3 Å². The summed E-state index contributed by atoms with van der Waals surface area (Å²) >= 11 is 0. The quantitative estimate of drug-likeness (QED) is 0.522. The molecule has 2 fully saturated rings. The average molecular weight is 451 g/mol. The molecule has 2 saturated heterocycles. The van der Waals surface area contributed by atoms with Crippen LogP contribution in [0.25, 0.3) is 0 Å². The van der Waals surface area contributed by atoms with Gasteiger partial charge in [0.2, 0.25) is 0 Å². The van der Waals surface area contributed by atoms with Crippen LogP contribution in [-0.2, 0) is 11.3 Å². The molecule has 32 heavy (non-hydrogen) atoms. The first-order valence-electron chi connectivity index (χ1n) is 11.2. The molecule has 3 aliphatic rings. The zero-order valence-electron chi connectivity index (χ0n) is 18.6. The van der Waals surface area contributed by atoms with Gasteiger partial charge < -0.3 is 19.6 Å². The highest BCUT2D eigenvalue weighted by molar-refractivity contribution is 6.00. The molecule has 1 aromatic carbocycles. The summed E-state index contributed by atoms with van der Waals surface area (Å²) in [6.07, 6.45) is 0.168. The van der Waals surface area contributed by atoms with Crippen molar-refractivity contribution in [3.63, 3.8) is 0 Å². The molecule has 0 bridgehead atoms. The maximum absolute atomic E-state index is 14.4. The van der Waals surface area contributed by atoms with Gasteiger partial charge in [-0.1, -0.05) is 0 Å². The number of carbonyl (C=O) groups is 1. The van der Waals surface area contributed by atoms with E-state index in [1.165, 1.54) is 24.8 Å². The SMILES string of the molecule is CC(C)(O)[C@H](F)CN1Cc2cc([N+](=O)[O-])c(N3CCC(N4CCOCC4)CC3)cc2C1=O. The number of halogens is 1. The summed E-state index contributed by atoms with van der Waals surface area (Å²) < 4.78 is 19.8. The van der Waals surface area contributed by atoms with Crippen LogP contribution in [0.4, 0.5) is 15.8 Å².